The van der Waals surface area contributed by atoms with Gasteiger partial charge < -0.3 is 14.8 Å². The SMILES string of the molecule is Cc1cccc(NC(=O)COc2ccc(Br)cc2/C=C2\SC(=O)N(CCOc3ccccc3)C2=O)c1. The van der Waals surface area contributed by atoms with Crippen molar-refractivity contribution in [3.8, 4) is 11.5 Å². The van der Waals surface area contributed by atoms with Gasteiger partial charge in [0.2, 0.25) is 0 Å². The van der Waals surface area contributed by atoms with E-state index in [0.717, 1.165) is 26.7 Å². The highest BCUT2D eigenvalue weighted by Crippen LogP contribution is 2.34. The molecule has 1 heterocycles. The predicted molar refractivity (Wildman–Crippen MR) is 144 cm³/mol. The fourth-order valence-corrected chi connectivity index (χ4v) is 4.67. The van der Waals surface area contributed by atoms with Gasteiger partial charge in [-0.05, 0) is 72.8 Å². The maximum atomic E-state index is 12.9. The van der Waals surface area contributed by atoms with Crippen molar-refractivity contribution in [3.05, 3.63) is 93.3 Å². The van der Waals surface area contributed by atoms with Crippen LogP contribution in [0.15, 0.2) is 82.2 Å². The summed E-state index contributed by atoms with van der Waals surface area (Å²) in [5.41, 5.74) is 2.29. The lowest BCUT2D eigenvalue weighted by Crippen LogP contribution is -2.32. The van der Waals surface area contributed by atoms with Crippen molar-refractivity contribution in [1.82, 2.24) is 4.90 Å². The molecular weight excluding hydrogens is 544 g/mol. The van der Waals surface area contributed by atoms with E-state index in [1.807, 2.05) is 55.5 Å². The number of carbonyl (C=O) groups is 3. The lowest BCUT2D eigenvalue weighted by molar-refractivity contribution is -0.123. The van der Waals surface area contributed by atoms with Crippen molar-refractivity contribution >= 4 is 56.5 Å². The van der Waals surface area contributed by atoms with Gasteiger partial charge in [-0.15, -0.1) is 0 Å². The summed E-state index contributed by atoms with van der Waals surface area (Å²) in [5, 5.41) is 2.43. The summed E-state index contributed by atoms with van der Waals surface area (Å²) in [4.78, 5) is 39.2. The molecule has 4 rings (SSSR count). The fraction of sp³-hybridized carbons (Fsp3) is 0.148. The average molecular weight is 567 g/mol. The summed E-state index contributed by atoms with van der Waals surface area (Å²) >= 11 is 4.28. The molecule has 1 aliphatic rings. The molecule has 0 unspecified atom stereocenters. The molecule has 0 spiro atoms. The molecule has 0 aliphatic carbocycles. The first-order valence-electron chi connectivity index (χ1n) is 11.1. The van der Waals surface area contributed by atoms with Crippen LogP contribution in [-0.2, 0) is 9.59 Å². The molecule has 184 valence electrons. The van der Waals surface area contributed by atoms with E-state index in [1.54, 1.807) is 30.3 Å². The number of thioether (sulfide) groups is 1. The summed E-state index contributed by atoms with van der Waals surface area (Å²) < 4.78 is 12.1. The van der Waals surface area contributed by atoms with Crippen LogP contribution in [0.2, 0.25) is 0 Å². The van der Waals surface area contributed by atoms with Gasteiger partial charge in [0.05, 0.1) is 11.4 Å². The molecule has 3 aromatic carbocycles. The Morgan fingerprint density at radius 1 is 1.03 bits per heavy atom. The number of hydrogen-bond donors (Lipinski definition) is 1. The summed E-state index contributed by atoms with van der Waals surface area (Å²) in [5.74, 6) is 0.372. The van der Waals surface area contributed by atoms with Crippen LogP contribution in [0.4, 0.5) is 10.5 Å². The number of nitrogens with zero attached hydrogens (tertiary/aromatic N) is 1. The summed E-state index contributed by atoms with van der Waals surface area (Å²) in [7, 11) is 0. The summed E-state index contributed by atoms with van der Waals surface area (Å²) in [6.45, 7) is 2.06. The number of benzene rings is 3. The molecule has 0 radical (unpaired) electrons. The van der Waals surface area contributed by atoms with E-state index in [0.29, 0.717) is 22.7 Å². The number of carbonyl (C=O) groups excluding carboxylic acids is 3. The Bertz CT molecular complexity index is 1310. The van der Waals surface area contributed by atoms with Crippen LogP contribution < -0.4 is 14.8 Å². The van der Waals surface area contributed by atoms with Crippen LogP contribution in [0.25, 0.3) is 6.08 Å². The second-order valence-corrected chi connectivity index (χ2v) is 9.79. The lowest BCUT2D eigenvalue weighted by Gasteiger charge is -2.13. The number of halogens is 1. The van der Waals surface area contributed by atoms with Gasteiger partial charge in [-0.1, -0.05) is 46.3 Å². The third-order valence-corrected chi connectivity index (χ3v) is 6.52. The first-order chi connectivity index (χ1) is 17.4. The Balaban J connectivity index is 1.40. The van der Waals surface area contributed by atoms with E-state index >= 15 is 0 Å². The highest BCUT2D eigenvalue weighted by Gasteiger charge is 2.35. The zero-order valence-corrected chi connectivity index (χ0v) is 21.8. The van der Waals surface area contributed by atoms with Crippen molar-refractivity contribution in [3.63, 3.8) is 0 Å². The Kier molecular flexibility index (Phi) is 8.45. The first kappa shape index (κ1) is 25.5. The molecular formula is C27H23BrN2O5S. The molecule has 1 fully saturated rings. The van der Waals surface area contributed by atoms with Gasteiger partial charge in [-0.2, -0.15) is 0 Å². The predicted octanol–water partition coefficient (Wildman–Crippen LogP) is 5.89. The molecule has 36 heavy (non-hydrogen) atoms. The van der Waals surface area contributed by atoms with Crippen molar-refractivity contribution in [2.45, 2.75) is 6.92 Å². The Morgan fingerprint density at radius 2 is 1.83 bits per heavy atom. The summed E-state index contributed by atoms with van der Waals surface area (Å²) in [6, 6.07) is 21.9. The second-order valence-electron chi connectivity index (χ2n) is 7.88. The van der Waals surface area contributed by atoms with Gasteiger partial charge in [0, 0.05) is 15.7 Å². The Morgan fingerprint density at radius 3 is 2.61 bits per heavy atom. The Labute approximate surface area is 221 Å². The van der Waals surface area contributed by atoms with Crippen molar-refractivity contribution in [2.24, 2.45) is 0 Å². The van der Waals surface area contributed by atoms with Crippen LogP contribution in [0, 0.1) is 6.92 Å². The normalized spacial score (nSPS) is 14.3. The minimum atomic E-state index is -0.398. The minimum Gasteiger partial charge on any atom is -0.492 e. The van der Waals surface area contributed by atoms with Gasteiger partial charge in [0.25, 0.3) is 17.1 Å². The van der Waals surface area contributed by atoms with Gasteiger partial charge in [-0.3, -0.25) is 19.3 Å². The monoisotopic (exact) mass is 566 g/mol. The molecule has 1 aliphatic heterocycles. The van der Waals surface area contributed by atoms with E-state index in [9.17, 15) is 14.4 Å². The van der Waals surface area contributed by atoms with E-state index in [1.165, 1.54) is 0 Å². The lowest BCUT2D eigenvalue weighted by atomic mass is 10.2. The molecule has 1 saturated heterocycles. The third kappa shape index (κ3) is 6.77. The maximum absolute atomic E-state index is 12.9. The number of amides is 3. The van der Waals surface area contributed by atoms with Gasteiger partial charge in [0.15, 0.2) is 6.61 Å². The number of nitrogens with one attached hydrogen (secondary N) is 1. The highest BCUT2D eigenvalue weighted by atomic mass is 79.9. The number of para-hydroxylation sites is 1. The standard InChI is InChI=1S/C27H23BrN2O5S/c1-18-6-5-7-21(14-18)29-25(31)17-35-23-11-10-20(28)15-19(23)16-24-26(32)30(27(33)36-24)12-13-34-22-8-3-2-4-9-22/h2-11,14-16H,12-13,17H2,1H3,(H,29,31)/b24-16-. The number of anilines is 1. The maximum Gasteiger partial charge on any atom is 0.293 e. The topological polar surface area (TPSA) is 84.9 Å². The number of rotatable bonds is 9. The first-order valence-corrected chi connectivity index (χ1v) is 12.7. The smallest absolute Gasteiger partial charge is 0.293 e. The van der Waals surface area contributed by atoms with Crippen LogP contribution >= 0.6 is 27.7 Å². The Hall–Kier alpha value is -3.56. The van der Waals surface area contributed by atoms with Crippen LogP contribution in [0.3, 0.4) is 0 Å². The van der Waals surface area contributed by atoms with Crippen LogP contribution in [0.5, 0.6) is 11.5 Å². The van der Waals surface area contributed by atoms with E-state index in [-0.39, 0.29) is 35.8 Å². The van der Waals surface area contributed by atoms with E-state index < -0.39 is 5.91 Å². The number of aryl methyl sites for hydroxylation is 1. The van der Waals surface area contributed by atoms with E-state index in [2.05, 4.69) is 21.2 Å². The third-order valence-electron chi connectivity index (χ3n) is 5.12. The van der Waals surface area contributed by atoms with Crippen LogP contribution in [0.1, 0.15) is 11.1 Å². The van der Waals surface area contributed by atoms with Crippen molar-refractivity contribution < 1.29 is 23.9 Å². The second kappa shape index (κ2) is 11.9. The zero-order chi connectivity index (χ0) is 25.5. The largest absolute Gasteiger partial charge is 0.492 e. The molecule has 3 aromatic rings. The molecule has 0 bridgehead atoms. The molecule has 0 aromatic heterocycles. The number of imide groups is 1. The van der Waals surface area contributed by atoms with Gasteiger partial charge in [-0.25, -0.2) is 0 Å². The average Bonchev–Trinajstić information content (AvgIpc) is 3.11. The summed E-state index contributed by atoms with van der Waals surface area (Å²) in [6.07, 6.45) is 1.60. The minimum absolute atomic E-state index is 0.137. The molecule has 0 atom stereocenters. The molecule has 7 nitrogen and oxygen atoms in total. The van der Waals surface area contributed by atoms with Crippen molar-refractivity contribution in [2.75, 3.05) is 25.1 Å². The fourth-order valence-electron chi connectivity index (χ4n) is 3.43. The quantitative estimate of drug-likeness (QED) is 0.325. The molecule has 1 N–H and O–H groups in total. The van der Waals surface area contributed by atoms with Crippen LogP contribution in [-0.4, -0.2) is 41.7 Å². The number of ether oxygens (including phenoxy) is 2. The zero-order valence-electron chi connectivity index (χ0n) is 19.4. The molecule has 9 heteroatoms. The molecule has 3 amide bonds. The van der Waals surface area contributed by atoms with E-state index in [4.69, 9.17) is 9.47 Å². The van der Waals surface area contributed by atoms with Gasteiger partial charge >= 0.3 is 0 Å². The number of hydrogen-bond acceptors (Lipinski definition) is 6. The molecule has 0 saturated carbocycles. The highest BCUT2D eigenvalue weighted by molar-refractivity contribution is 9.10. The van der Waals surface area contributed by atoms with Gasteiger partial charge in [0.1, 0.15) is 18.1 Å². The van der Waals surface area contributed by atoms with Crippen molar-refractivity contribution in [1.29, 1.82) is 0 Å².